The average molecular weight is 411 g/mol. The van der Waals surface area contributed by atoms with Crippen molar-refractivity contribution >= 4 is 21.7 Å². The molecule has 0 amide bonds. The first-order valence-corrected chi connectivity index (χ1v) is 9.40. The molecular formula is C21H19BrN2O2. The molecule has 0 radical (unpaired) electrons. The molecule has 0 N–H and O–H groups in total. The Bertz CT molecular complexity index is 959. The molecule has 26 heavy (non-hydrogen) atoms. The van der Waals surface area contributed by atoms with Crippen LogP contribution in [-0.2, 0) is 6.42 Å². The van der Waals surface area contributed by atoms with E-state index in [9.17, 15) is 4.79 Å². The van der Waals surface area contributed by atoms with Gasteiger partial charge in [0.15, 0.2) is 5.78 Å². The molecule has 132 valence electrons. The minimum atomic E-state index is 0.220. The molecule has 0 saturated carbocycles. The molecule has 4 nitrogen and oxygen atoms in total. The zero-order valence-corrected chi connectivity index (χ0v) is 16.3. The average Bonchev–Trinajstić information content (AvgIpc) is 3.02. The van der Waals surface area contributed by atoms with Crippen molar-refractivity contribution in [2.45, 2.75) is 19.8 Å². The van der Waals surface area contributed by atoms with Crippen LogP contribution in [0.15, 0.2) is 53.1 Å². The van der Waals surface area contributed by atoms with Crippen LogP contribution in [0.4, 0.5) is 0 Å². The molecule has 1 aliphatic carbocycles. The van der Waals surface area contributed by atoms with Crippen LogP contribution in [0, 0.1) is 5.92 Å². The summed E-state index contributed by atoms with van der Waals surface area (Å²) in [5, 5.41) is 0. The van der Waals surface area contributed by atoms with E-state index in [1.807, 2.05) is 30.3 Å². The Balaban J connectivity index is 1.94. The predicted molar refractivity (Wildman–Crippen MR) is 105 cm³/mol. The van der Waals surface area contributed by atoms with Crippen LogP contribution in [0.25, 0.3) is 16.9 Å². The first kappa shape index (κ1) is 17.0. The van der Waals surface area contributed by atoms with Gasteiger partial charge in [-0.1, -0.05) is 35.0 Å². The maximum Gasteiger partial charge on any atom is 0.213 e. The zero-order valence-electron chi connectivity index (χ0n) is 14.7. The number of ether oxygens (including phenoxy) is 1. The number of methoxy groups -OCH3 is 1. The van der Waals surface area contributed by atoms with Gasteiger partial charge in [0, 0.05) is 28.2 Å². The van der Waals surface area contributed by atoms with Gasteiger partial charge in [-0.05, 0) is 42.2 Å². The van der Waals surface area contributed by atoms with Crippen molar-refractivity contribution < 1.29 is 9.53 Å². The van der Waals surface area contributed by atoms with Gasteiger partial charge in [-0.25, -0.2) is 4.98 Å². The van der Waals surface area contributed by atoms with Crippen molar-refractivity contribution in [2.24, 2.45) is 5.92 Å². The summed E-state index contributed by atoms with van der Waals surface area (Å²) in [6, 6.07) is 14.0. The topological polar surface area (TPSA) is 44.1 Å². The largest absolute Gasteiger partial charge is 0.481 e. The Morgan fingerprint density at radius 2 is 1.92 bits per heavy atom. The molecule has 2 heterocycles. The number of carbonyl (C=O) groups is 1. The fourth-order valence-electron chi connectivity index (χ4n) is 3.58. The molecule has 1 aromatic carbocycles. The lowest BCUT2D eigenvalue weighted by Crippen LogP contribution is -2.19. The van der Waals surface area contributed by atoms with E-state index in [1.165, 1.54) is 0 Å². The lowest BCUT2D eigenvalue weighted by atomic mass is 9.88. The Morgan fingerprint density at radius 1 is 1.15 bits per heavy atom. The highest BCUT2D eigenvalue weighted by Gasteiger charge is 2.28. The van der Waals surface area contributed by atoms with E-state index in [-0.39, 0.29) is 5.78 Å². The fraction of sp³-hybridized carbons (Fsp3) is 0.238. The van der Waals surface area contributed by atoms with Gasteiger partial charge in [0.1, 0.15) is 0 Å². The molecule has 0 spiro atoms. The number of aromatic nitrogens is 2. The predicted octanol–water partition coefficient (Wildman–Crippen LogP) is 5.08. The number of carbonyl (C=O) groups excluding carboxylic acids is 1. The van der Waals surface area contributed by atoms with E-state index in [4.69, 9.17) is 4.74 Å². The van der Waals surface area contributed by atoms with Crippen LogP contribution >= 0.6 is 15.9 Å². The molecule has 4 rings (SSSR count). The second-order valence-electron chi connectivity index (χ2n) is 6.73. The number of pyridine rings is 1. The van der Waals surface area contributed by atoms with Crippen LogP contribution in [0.5, 0.6) is 5.88 Å². The molecule has 5 heteroatoms. The normalized spacial score (nSPS) is 16.4. The molecule has 0 fully saturated rings. The first-order chi connectivity index (χ1) is 12.6. The van der Waals surface area contributed by atoms with E-state index in [2.05, 4.69) is 44.5 Å². The summed E-state index contributed by atoms with van der Waals surface area (Å²) in [5.74, 6) is 1.13. The van der Waals surface area contributed by atoms with Crippen molar-refractivity contribution in [3.63, 3.8) is 0 Å². The minimum Gasteiger partial charge on any atom is -0.481 e. The maximum atomic E-state index is 12.6. The van der Waals surface area contributed by atoms with Crippen LogP contribution < -0.4 is 4.74 Å². The maximum absolute atomic E-state index is 12.6. The van der Waals surface area contributed by atoms with Crippen molar-refractivity contribution in [3.05, 3.63) is 64.4 Å². The van der Waals surface area contributed by atoms with Gasteiger partial charge >= 0.3 is 0 Å². The van der Waals surface area contributed by atoms with Crippen LogP contribution in [0.3, 0.4) is 0 Å². The fourth-order valence-corrected chi connectivity index (χ4v) is 3.84. The monoisotopic (exact) mass is 410 g/mol. The molecule has 1 aliphatic rings. The smallest absolute Gasteiger partial charge is 0.213 e. The van der Waals surface area contributed by atoms with Crippen molar-refractivity contribution in [3.8, 4) is 22.8 Å². The Morgan fingerprint density at radius 3 is 2.58 bits per heavy atom. The number of Topliss-reactive ketones (excluding diaryl/α,β-unsaturated/α-hetero) is 1. The van der Waals surface area contributed by atoms with Gasteiger partial charge in [-0.2, -0.15) is 0 Å². The van der Waals surface area contributed by atoms with Crippen LogP contribution in [0.2, 0.25) is 0 Å². The molecule has 3 aromatic rings. The van der Waals surface area contributed by atoms with Gasteiger partial charge in [-0.3, -0.25) is 4.79 Å². The third-order valence-corrected chi connectivity index (χ3v) is 5.34. The summed E-state index contributed by atoms with van der Waals surface area (Å²) in [6.07, 6.45) is 3.28. The Hall–Kier alpha value is -2.40. The highest BCUT2D eigenvalue weighted by Crippen LogP contribution is 2.35. The third kappa shape index (κ3) is 2.97. The minimum absolute atomic E-state index is 0.220. The summed E-state index contributed by atoms with van der Waals surface area (Å²) in [4.78, 5) is 17.0. The number of rotatable bonds is 3. The van der Waals surface area contributed by atoms with Gasteiger partial charge in [0.2, 0.25) is 5.88 Å². The van der Waals surface area contributed by atoms with E-state index in [0.717, 1.165) is 39.1 Å². The van der Waals surface area contributed by atoms with Crippen molar-refractivity contribution in [1.29, 1.82) is 0 Å². The number of hydrogen-bond donors (Lipinski definition) is 0. The number of fused-ring (bicyclic) bond motifs is 1. The van der Waals surface area contributed by atoms with E-state index in [1.54, 1.807) is 13.3 Å². The van der Waals surface area contributed by atoms with E-state index < -0.39 is 0 Å². The standard InChI is InChI=1S/C21H19BrN2O2/c1-13-9-19-17(20(25)10-13)11-18(14-3-5-15(22)6-4-14)24(19)16-7-8-21(26-2)23-12-16/h3-8,11-13H,9-10H2,1-2H3. The van der Waals surface area contributed by atoms with Gasteiger partial charge < -0.3 is 9.30 Å². The van der Waals surface area contributed by atoms with Gasteiger partial charge in [-0.15, -0.1) is 0 Å². The van der Waals surface area contributed by atoms with Crippen molar-refractivity contribution in [1.82, 2.24) is 9.55 Å². The Labute approximate surface area is 161 Å². The van der Waals surface area contributed by atoms with Crippen LogP contribution in [-0.4, -0.2) is 22.4 Å². The molecule has 1 unspecified atom stereocenters. The number of benzene rings is 1. The van der Waals surface area contributed by atoms with Crippen molar-refractivity contribution in [2.75, 3.05) is 7.11 Å². The summed E-state index contributed by atoms with van der Waals surface area (Å²) < 4.78 is 8.37. The lowest BCUT2D eigenvalue weighted by Gasteiger charge is -2.21. The van der Waals surface area contributed by atoms with Gasteiger partial charge in [0.25, 0.3) is 0 Å². The molecule has 0 saturated heterocycles. The third-order valence-electron chi connectivity index (χ3n) is 4.81. The molecular weight excluding hydrogens is 392 g/mol. The van der Waals surface area contributed by atoms with Gasteiger partial charge in [0.05, 0.1) is 24.7 Å². The quantitative estimate of drug-likeness (QED) is 0.604. The number of halogens is 1. The summed E-state index contributed by atoms with van der Waals surface area (Å²) >= 11 is 3.49. The first-order valence-electron chi connectivity index (χ1n) is 8.61. The molecule has 0 bridgehead atoms. The highest BCUT2D eigenvalue weighted by atomic mass is 79.9. The Kier molecular flexibility index (Phi) is 4.41. The summed E-state index contributed by atoms with van der Waals surface area (Å²) in [5.41, 5.74) is 4.91. The molecule has 2 aromatic heterocycles. The highest BCUT2D eigenvalue weighted by molar-refractivity contribution is 9.10. The van der Waals surface area contributed by atoms with E-state index >= 15 is 0 Å². The SMILES string of the molecule is COc1ccc(-n2c(-c3ccc(Br)cc3)cc3c2CC(C)CC3=O)cn1. The zero-order chi connectivity index (χ0) is 18.3. The molecule has 1 atom stereocenters. The number of nitrogens with zero attached hydrogens (tertiary/aromatic N) is 2. The molecule has 0 aliphatic heterocycles. The number of ketones is 1. The summed E-state index contributed by atoms with van der Waals surface area (Å²) in [7, 11) is 1.60. The lowest BCUT2D eigenvalue weighted by molar-refractivity contribution is 0.0952. The second-order valence-corrected chi connectivity index (χ2v) is 7.64. The van der Waals surface area contributed by atoms with E-state index in [0.29, 0.717) is 18.2 Å². The summed E-state index contributed by atoms with van der Waals surface area (Å²) in [6.45, 7) is 2.13. The van der Waals surface area contributed by atoms with Crippen LogP contribution in [0.1, 0.15) is 29.4 Å². The number of hydrogen-bond acceptors (Lipinski definition) is 3. The second kappa shape index (κ2) is 6.72.